The molecule has 0 atom stereocenters. The third-order valence-corrected chi connectivity index (χ3v) is 4.27. The summed E-state index contributed by atoms with van der Waals surface area (Å²) in [4.78, 5) is 0. The van der Waals surface area contributed by atoms with Crippen molar-refractivity contribution in [2.45, 2.75) is 37.6 Å². The highest BCUT2D eigenvalue weighted by molar-refractivity contribution is 5.43. The van der Waals surface area contributed by atoms with Crippen LogP contribution < -0.4 is 5.73 Å². The number of aromatic nitrogens is 2. The van der Waals surface area contributed by atoms with E-state index >= 15 is 0 Å². The maximum Gasteiger partial charge on any atom is 0.0652 e. The summed E-state index contributed by atoms with van der Waals surface area (Å²) < 4.78 is 2.09. The van der Waals surface area contributed by atoms with Gasteiger partial charge in [-0.15, -0.1) is 0 Å². The normalized spacial score (nSPS) is 19.8. The Bertz CT molecular complexity index is 608. The van der Waals surface area contributed by atoms with Crippen molar-refractivity contribution < 1.29 is 0 Å². The molecule has 2 aliphatic rings. The minimum Gasteiger partial charge on any atom is -0.321 e. The van der Waals surface area contributed by atoms with E-state index in [1.54, 1.807) is 0 Å². The highest BCUT2D eigenvalue weighted by atomic mass is 15.3. The molecule has 1 aromatic heterocycles. The first kappa shape index (κ1) is 10.3. The van der Waals surface area contributed by atoms with Crippen LogP contribution in [0.15, 0.2) is 30.5 Å². The van der Waals surface area contributed by atoms with Gasteiger partial charge in [0.1, 0.15) is 0 Å². The van der Waals surface area contributed by atoms with Crippen LogP contribution >= 0.6 is 0 Å². The van der Waals surface area contributed by atoms with E-state index in [4.69, 9.17) is 5.73 Å². The van der Waals surface area contributed by atoms with E-state index in [0.717, 1.165) is 24.9 Å². The summed E-state index contributed by atoms with van der Waals surface area (Å²) >= 11 is 0. The third-order valence-electron chi connectivity index (χ3n) is 4.27. The van der Waals surface area contributed by atoms with Crippen LogP contribution in [0.1, 0.15) is 36.1 Å². The van der Waals surface area contributed by atoms with Crippen LogP contribution in [0.3, 0.4) is 0 Å². The van der Waals surface area contributed by atoms with E-state index in [1.165, 1.54) is 29.7 Å². The summed E-state index contributed by atoms with van der Waals surface area (Å²) in [5.74, 6) is 0. The lowest BCUT2D eigenvalue weighted by Gasteiger charge is -2.12. The Balaban J connectivity index is 1.80. The van der Waals surface area contributed by atoms with Gasteiger partial charge in [-0.3, -0.25) is 0 Å². The van der Waals surface area contributed by atoms with Gasteiger partial charge in [0.25, 0.3) is 0 Å². The highest BCUT2D eigenvalue weighted by Gasteiger charge is 2.40. The Morgan fingerprint density at radius 3 is 2.94 bits per heavy atom. The van der Waals surface area contributed by atoms with Crippen molar-refractivity contribution in [2.24, 2.45) is 5.73 Å². The summed E-state index contributed by atoms with van der Waals surface area (Å²) in [5, 5.41) is 4.53. The number of aryl methyl sites for hydroxylation is 1. The largest absolute Gasteiger partial charge is 0.321 e. The maximum absolute atomic E-state index is 6.27. The van der Waals surface area contributed by atoms with Gasteiger partial charge in [-0.2, -0.15) is 5.10 Å². The molecule has 1 heterocycles. The van der Waals surface area contributed by atoms with Crippen molar-refractivity contribution in [3.63, 3.8) is 0 Å². The molecule has 2 N–H and O–H groups in total. The molecular weight excluding hydrogens is 222 g/mol. The van der Waals surface area contributed by atoms with Crippen molar-refractivity contribution in [1.82, 2.24) is 9.78 Å². The van der Waals surface area contributed by atoms with Gasteiger partial charge in [0.15, 0.2) is 0 Å². The summed E-state index contributed by atoms with van der Waals surface area (Å²) in [6.07, 6.45) is 7.81. The zero-order valence-corrected chi connectivity index (χ0v) is 10.4. The van der Waals surface area contributed by atoms with Gasteiger partial charge in [0.05, 0.1) is 11.9 Å². The van der Waals surface area contributed by atoms with Crippen LogP contribution in [0, 0.1) is 0 Å². The molecule has 92 valence electrons. The van der Waals surface area contributed by atoms with Crippen molar-refractivity contribution in [3.05, 3.63) is 47.3 Å². The molecular formula is C15H17N3. The number of hydrogen-bond acceptors (Lipinski definition) is 2. The predicted octanol–water partition coefficient (Wildman–Crippen LogP) is 2.31. The smallest absolute Gasteiger partial charge is 0.0652 e. The molecule has 1 fully saturated rings. The number of nitrogens with two attached hydrogens (primary N) is 1. The minimum atomic E-state index is -0.0632. The Morgan fingerprint density at radius 1 is 1.22 bits per heavy atom. The number of nitrogens with zero attached hydrogens (tertiary/aromatic N) is 2. The van der Waals surface area contributed by atoms with Gasteiger partial charge in [0, 0.05) is 11.2 Å². The molecule has 0 bridgehead atoms. The van der Waals surface area contributed by atoms with Gasteiger partial charge in [0.2, 0.25) is 0 Å². The van der Waals surface area contributed by atoms with E-state index in [9.17, 15) is 0 Å². The molecule has 0 unspecified atom stereocenters. The second-order valence-corrected chi connectivity index (χ2v) is 5.59. The topological polar surface area (TPSA) is 43.8 Å². The van der Waals surface area contributed by atoms with Crippen LogP contribution in [0.5, 0.6) is 0 Å². The summed E-state index contributed by atoms with van der Waals surface area (Å²) in [7, 11) is 0. The molecule has 0 radical (unpaired) electrons. The summed E-state index contributed by atoms with van der Waals surface area (Å²) in [6, 6.07) is 8.57. The number of hydrogen-bond donors (Lipinski definition) is 1. The maximum atomic E-state index is 6.27. The lowest BCUT2D eigenvalue weighted by atomic mass is 10.1. The van der Waals surface area contributed by atoms with Crippen molar-refractivity contribution in [1.29, 1.82) is 0 Å². The lowest BCUT2D eigenvalue weighted by Crippen LogP contribution is -2.19. The lowest BCUT2D eigenvalue weighted by molar-refractivity contribution is 0.732. The first-order chi connectivity index (χ1) is 8.76. The molecule has 4 rings (SSSR count). The van der Waals surface area contributed by atoms with Crippen molar-refractivity contribution in [2.75, 3.05) is 0 Å². The first-order valence-electron chi connectivity index (χ1n) is 6.72. The van der Waals surface area contributed by atoms with Gasteiger partial charge in [-0.25, -0.2) is 4.68 Å². The monoisotopic (exact) mass is 239 g/mol. The van der Waals surface area contributed by atoms with Crippen LogP contribution in [-0.4, -0.2) is 9.78 Å². The molecule has 2 aliphatic carbocycles. The Hall–Kier alpha value is -1.61. The average Bonchev–Trinajstić information content (AvgIpc) is 2.83. The Kier molecular flexibility index (Phi) is 1.98. The van der Waals surface area contributed by atoms with E-state index in [2.05, 4.69) is 34.0 Å². The number of benzene rings is 1. The van der Waals surface area contributed by atoms with Crippen LogP contribution in [0.4, 0.5) is 0 Å². The number of rotatable bonds is 2. The molecule has 0 spiro atoms. The zero-order valence-electron chi connectivity index (χ0n) is 10.4. The van der Waals surface area contributed by atoms with Gasteiger partial charge in [-0.05, 0) is 55.4 Å². The second kappa shape index (κ2) is 3.45. The van der Waals surface area contributed by atoms with Crippen LogP contribution in [0.2, 0.25) is 0 Å². The molecule has 2 aromatic rings. The predicted molar refractivity (Wildman–Crippen MR) is 70.7 cm³/mol. The van der Waals surface area contributed by atoms with E-state index < -0.39 is 0 Å². The molecule has 1 aromatic carbocycles. The fraction of sp³-hybridized carbons (Fsp3) is 0.400. The number of fused-ring (bicyclic) bond motifs is 1. The van der Waals surface area contributed by atoms with Gasteiger partial charge < -0.3 is 5.73 Å². The molecule has 3 nitrogen and oxygen atoms in total. The molecule has 0 saturated heterocycles. The quantitative estimate of drug-likeness (QED) is 0.874. The fourth-order valence-corrected chi connectivity index (χ4v) is 2.92. The van der Waals surface area contributed by atoms with Crippen molar-refractivity contribution in [3.8, 4) is 5.69 Å². The van der Waals surface area contributed by atoms with Crippen molar-refractivity contribution >= 4 is 0 Å². The van der Waals surface area contributed by atoms with Crippen LogP contribution in [0.25, 0.3) is 5.69 Å². The van der Waals surface area contributed by atoms with Gasteiger partial charge >= 0.3 is 0 Å². The average molecular weight is 239 g/mol. The SMILES string of the molecule is NC1(c2cccc(-n3ncc4c3CCC4)c2)CC1. The minimum absolute atomic E-state index is 0.0632. The molecule has 3 heteroatoms. The molecule has 18 heavy (non-hydrogen) atoms. The second-order valence-electron chi connectivity index (χ2n) is 5.59. The first-order valence-corrected chi connectivity index (χ1v) is 6.72. The third kappa shape index (κ3) is 1.44. The highest BCUT2D eigenvalue weighted by Crippen LogP contribution is 2.43. The zero-order chi connectivity index (χ0) is 12.2. The fourth-order valence-electron chi connectivity index (χ4n) is 2.92. The Labute approximate surface area is 107 Å². The van der Waals surface area contributed by atoms with Gasteiger partial charge in [-0.1, -0.05) is 12.1 Å². The molecule has 0 aliphatic heterocycles. The van der Waals surface area contributed by atoms with E-state index in [-0.39, 0.29) is 5.54 Å². The Morgan fingerprint density at radius 2 is 2.11 bits per heavy atom. The molecule has 0 amide bonds. The van der Waals surface area contributed by atoms with E-state index in [1.807, 2.05) is 6.20 Å². The summed E-state index contributed by atoms with van der Waals surface area (Å²) in [6.45, 7) is 0. The summed E-state index contributed by atoms with van der Waals surface area (Å²) in [5.41, 5.74) is 11.4. The molecule has 1 saturated carbocycles. The van der Waals surface area contributed by atoms with Crippen LogP contribution in [-0.2, 0) is 18.4 Å². The van der Waals surface area contributed by atoms with E-state index in [0.29, 0.717) is 0 Å². The standard InChI is InChI=1S/C15H17N3/c16-15(7-8-15)12-4-2-5-13(9-12)18-14-6-1-3-11(14)10-17-18/h2,4-5,9-10H,1,3,6-8,16H2.